The van der Waals surface area contributed by atoms with Gasteiger partial charge in [0.15, 0.2) is 0 Å². The fraction of sp³-hybridized carbons (Fsp3) is 0.800. The molecule has 20 heavy (non-hydrogen) atoms. The molecule has 0 aliphatic carbocycles. The van der Waals surface area contributed by atoms with Gasteiger partial charge in [0, 0.05) is 26.2 Å². The van der Waals surface area contributed by atoms with Crippen molar-refractivity contribution in [2.75, 3.05) is 26.2 Å². The van der Waals surface area contributed by atoms with Crippen molar-refractivity contribution in [1.82, 2.24) is 9.80 Å². The molecule has 0 saturated heterocycles. The van der Waals surface area contributed by atoms with Gasteiger partial charge < -0.3 is 9.80 Å². The van der Waals surface area contributed by atoms with Crippen molar-refractivity contribution < 1.29 is 35.9 Å². The van der Waals surface area contributed by atoms with Crippen LogP contribution >= 0.6 is 0 Å². The van der Waals surface area contributed by atoms with Gasteiger partial charge in [0.1, 0.15) is 0 Å². The first kappa shape index (κ1) is 18.5. The van der Waals surface area contributed by atoms with E-state index in [0.29, 0.717) is 9.80 Å². The van der Waals surface area contributed by atoms with Crippen LogP contribution in [0.2, 0.25) is 0 Å². The molecule has 0 heterocycles. The van der Waals surface area contributed by atoms with Crippen molar-refractivity contribution in [2.24, 2.45) is 0 Å². The van der Waals surface area contributed by atoms with Crippen LogP contribution in [0.5, 0.6) is 0 Å². The minimum atomic E-state index is -5.10. The number of rotatable bonds is 5. The van der Waals surface area contributed by atoms with Crippen LogP contribution < -0.4 is 0 Å². The smallest absolute Gasteiger partial charge is 0.333 e. The number of likely N-dealkylation sites (N-methyl/N-ethyl adjacent to an activating group) is 2. The molecule has 0 rings (SSSR count). The van der Waals surface area contributed by atoms with E-state index in [9.17, 15) is 35.9 Å². The Kier molecular flexibility index (Phi) is 6.30. The quantitative estimate of drug-likeness (QED) is 0.727. The Balaban J connectivity index is 4.71. The lowest BCUT2D eigenvalue weighted by Gasteiger charge is -2.27. The zero-order valence-corrected chi connectivity index (χ0v) is 10.8. The van der Waals surface area contributed by atoms with Gasteiger partial charge in [0.2, 0.25) is 0 Å². The molecule has 0 aromatic heterocycles. The fourth-order valence-electron chi connectivity index (χ4n) is 1.41. The monoisotopic (exact) mass is 308 g/mol. The summed E-state index contributed by atoms with van der Waals surface area (Å²) in [6.07, 6.45) is -10.2. The van der Waals surface area contributed by atoms with Crippen LogP contribution in [-0.2, 0) is 9.59 Å². The highest BCUT2D eigenvalue weighted by molar-refractivity contribution is 5.83. The normalized spacial score (nSPS) is 12.2. The Morgan fingerprint density at radius 3 is 1.15 bits per heavy atom. The average molecular weight is 308 g/mol. The Labute approximate surface area is 111 Å². The van der Waals surface area contributed by atoms with Crippen molar-refractivity contribution in [1.29, 1.82) is 0 Å². The number of alkyl halides is 6. The Morgan fingerprint density at radius 1 is 0.750 bits per heavy atom. The maximum Gasteiger partial charge on any atom is 0.471 e. The van der Waals surface area contributed by atoms with Crippen molar-refractivity contribution in [3.63, 3.8) is 0 Å². The number of carbonyl (C=O) groups is 2. The molecule has 0 aliphatic heterocycles. The standard InChI is InChI=1S/C10H14F6N2O2/c1-3-17(7(19)9(11,12)13)5-6-18(4-2)8(20)10(14,15)16/h3-6H2,1-2H3. The van der Waals surface area contributed by atoms with Crippen molar-refractivity contribution in [3.8, 4) is 0 Å². The second kappa shape index (κ2) is 6.80. The maximum atomic E-state index is 12.2. The summed E-state index contributed by atoms with van der Waals surface area (Å²) >= 11 is 0. The molecule has 118 valence electrons. The highest BCUT2D eigenvalue weighted by atomic mass is 19.4. The fourth-order valence-corrected chi connectivity index (χ4v) is 1.41. The molecule has 2 amide bonds. The molecule has 4 nitrogen and oxygen atoms in total. The van der Waals surface area contributed by atoms with E-state index >= 15 is 0 Å². The van der Waals surface area contributed by atoms with E-state index in [2.05, 4.69) is 0 Å². The topological polar surface area (TPSA) is 40.6 Å². The molecule has 0 N–H and O–H groups in total. The van der Waals surface area contributed by atoms with Gasteiger partial charge in [0.05, 0.1) is 0 Å². The molecule has 0 radical (unpaired) electrons. The zero-order chi connectivity index (χ0) is 16.1. The van der Waals surface area contributed by atoms with E-state index in [0.717, 1.165) is 0 Å². The summed E-state index contributed by atoms with van der Waals surface area (Å²) in [6, 6.07) is 0. The largest absolute Gasteiger partial charge is 0.471 e. The van der Waals surface area contributed by atoms with Gasteiger partial charge in [-0.15, -0.1) is 0 Å². The molecule has 0 spiro atoms. The Hall–Kier alpha value is -1.48. The van der Waals surface area contributed by atoms with Gasteiger partial charge in [-0.1, -0.05) is 0 Å². The molecular formula is C10H14F6N2O2. The summed E-state index contributed by atoms with van der Waals surface area (Å²) in [5.74, 6) is -4.29. The number of hydrogen-bond acceptors (Lipinski definition) is 2. The number of nitrogens with zero attached hydrogens (tertiary/aromatic N) is 2. The van der Waals surface area contributed by atoms with Crippen LogP contribution in [0.4, 0.5) is 26.3 Å². The first-order valence-corrected chi connectivity index (χ1v) is 5.67. The van der Waals surface area contributed by atoms with E-state index in [1.807, 2.05) is 0 Å². The maximum absolute atomic E-state index is 12.2. The van der Waals surface area contributed by atoms with Gasteiger partial charge in [-0.05, 0) is 13.8 Å². The van der Waals surface area contributed by atoms with Crippen molar-refractivity contribution in [2.45, 2.75) is 26.2 Å². The molecule has 0 aliphatic rings. The number of halogens is 6. The van der Waals surface area contributed by atoms with Crippen molar-refractivity contribution in [3.05, 3.63) is 0 Å². The highest BCUT2D eigenvalue weighted by Crippen LogP contribution is 2.20. The predicted octanol–water partition coefficient (Wildman–Crippen LogP) is 1.81. The van der Waals surface area contributed by atoms with E-state index in [-0.39, 0.29) is 13.1 Å². The SMILES string of the molecule is CCN(CCN(CC)C(=O)C(F)(F)F)C(=O)C(F)(F)F. The minimum absolute atomic E-state index is 0.323. The Morgan fingerprint density at radius 2 is 1.00 bits per heavy atom. The van der Waals surface area contributed by atoms with Gasteiger partial charge in [-0.25, -0.2) is 0 Å². The lowest BCUT2D eigenvalue weighted by Crippen LogP contribution is -2.48. The third-order valence-corrected chi connectivity index (χ3v) is 2.46. The second-order valence-electron chi connectivity index (χ2n) is 3.77. The third kappa shape index (κ3) is 5.25. The van der Waals surface area contributed by atoms with Gasteiger partial charge >= 0.3 is 24.2 Å². The number of carbonyl (C=O) groups excluding carboxylic acids is 2. The van der Waals surface area contributed by atoms with Gasteiger partial charge in [-0.2, -0.15) is 26.3 Å². The lowest BCUT2D eigenvalue weighted by atomic mass is 10.3. The average Bonchev–Trinajstić information content (AvgIpc) is 2.31. The molecule has 0 bridgehead atoms. The molecule has 0 saturated carbocycles. The molecule has 10 heteroatoms. The van der Waals surface area contributed by atoms with Crippen LogP contribution in [0.1, 0.15) is 13.8 Å². The molecule has 0 aromatic rings. The summed E-state index contributed by atoms with van der Waals surface area (Å²) in [7, 11) is 0. The predicted molar refractivity (Wildman–Crippen MR) is 56.6 cm³/mol. The van der Waals surface area contributed by atoms with Crippen molar-refractivity contribution >= 4 is 11.8 Å². The second-order valence-corrected chi connectivity index (χ2v) is 3.77. The lowest BCUT2D eigenvalue weighted by molar-refractivity contribution is -0.188. The van der Waals surface area contributed by atoms with Gasteiger partial charge in [-0.3, -0.25) is 9.59 Å². The summed E-state index contributed by atoms with van der Waals surface area (Å²) in [5, 5.41) is 0. The van der Waals surface area contributed by atoms with E-state index in [4.69, 9.17) is 0 Å². The first-order valence-electron chi connectivity index (χ1n) is 5.67. The third-order valence-electron chi connectivity index (χ3n) is 2.46. The molecular weight excluding hydrogens is 294 g/mol. The summed E-state index contributed by atoms with van der Waals surface area (Å²) in [5.41, 5.74) is 0. The summed E-state index contributed by atoms with van der Waals surface area (Å²) in [6.45, 7) is 0.623. The number of amides is 2. The van der Waals surface area contributed by atoms with Crippen LogP contribution in [0.15, 0.2) is 0 Å². The first-order chi connectivity index (χ1) is 8.95. The highest BCUT2D eigenvalue weighted by Gasteiger charge is 2.44. The van der Waals surface area contributed by atoms with Crippen LogP contribution in [0.3, 0.4) is 0 Å². The van der Waals surface area contributed by atoms with Crippen LogP contribution in [-0.4, -0.2) is 60.1 Å². The minimum Gasteiger partial charge on any atom is -0.333 e. The van der Waals surface area contributed by atoms with E-state index in [1.54, 1.807) is 0 Å². The summed E-state index contributed by atoms with van der Waals surface area (Å²) in [4.78, 5) is 22.6. The van der Waals surface area contributed by atoms with E-state index in [1.165, 1.54) is 13.8 Å². The number of hydrogen-bond donors (Lipinski definition) is 0. The zero-order valence-electron chi connectivity index (χ0n) is 10.8. The molecule has 0 atom stereocenters. The molecule has 0 unspecified atom stereocenters. The van der Waals surface area contributed by atoms with Crippen LogP contribution in [0.25, 0.3) is 0 Å². The summed E-state index contributed by atoms with van der Waals surface area (Å²) < 4.78 is 73.1. The molecule has 0 fully saturated rings. The Bertz CT molecular complexity index is 319. The van der Waals surface area contributed by atoms with Crippen LogP contribution in [0, 0.1) is 0 Å². The van der Waals surface area contributed by atoms with E-state index < -0.39 is 37.3 Å². The molecule has 0 aromatic carbocycles. The van der Waals surface area contributed by atoms with Gasteiger partial charge in [0.25, 0.3) is 0 Å².